The molecule has 0 saturated carbocycles. The first-order valence-corrected chi connectivity index (χ1v) is 6.83. The topological polar surface area (TPSA) is 35.6 Å². The van der Waals surface area contributed by atoms with Crippen molar-refractivity contribution < 1.29 is 4.79 Å². The molecule has 2 aliphatic heterocycles. The number of carbonyl (C=O) groups is 1. The van der Waals surface area contributed by atoms with Crippen LogP contribution in [0.3, 0.4) is 0 Å². The monoisotopic (exact) mass is 311 g/mol. The molecule has 6 heteroatoms. The Kier molecular flexibility index (Phi) is 8.29. The molecule has 2 aliphatic rings. The van der Waals surface area contributed by atoms with Crippen LogP contribution in [0.4, 0.5) is 0 Å². The van der Waals surface area contributed by atoms with Gasteiger partial charge in [0.2, 0.25) is 5.91 Å². The van der Waals surface area contributed by atoms with Gasteiger partial charge in [0.25, 0.3) is 0 Å². The number of amides is 1. The number of hydrogen-bond donors (Lipinski definition) is 1. The minimum Gasteiger partial charge on any atom is -0.342 e. The van der Waals surface area contributed by atoms with Crippen LogP contribution < -0.4 is 5.32 Å². The number of nitrogens with one attached hydrogen (secondary N) is 1. The molecule has 114 valence electrons. The summed E-state index contributed by atoms with van der Waals surface area (Å²) in [5.74, 6) is 1.16. The van der Waals surface area contributed by atoms with Gasteiger partial charge in [-0.05, 0) is 18.9 Å². The van der Waals surface area contributed by atoms with Crippen LogP contribution in [0.25, 0.3) is 0 Å². The summed E-state index contributed by atoms with van der Waals surface area (Å²) in [6.07, 6.45) is 1.12. The Bertz CT molecular complexity index is 287. The number of likely N-dealkylation sites (tertiary alicyclic amines) is 1. The summed E-state index contributed by atoms with van der Waals surface area (Å²) < 4.78 is 0. The van der Waals surface area contributed by atoms with Crippen LogP contribution in [0, 0.1) is 11.8 Å². The lowest BCUT2D eigenvalue weighted by Crippen LogP contribution is -2.56. The van der Waals surface area contributed by atoms with Crippen molar-refractivity contribution in [3.8, 4) is 0 Å². The normalized spacial score (nSPS) is 27.7. The molecule has 0 spiro atoms. The fraction of sp³-hybridized carbons (Fsp3) is 0.923. The Labute approximate surface area is 129 Å². The van der Waals surface area contributed by atoms with Crippen LogP contribution in [0.2, 0.25) is 0 Å². The SMILES string of the molecule is CCN1CCC(N(C)C(=O)C2CNC2)C(C)C1.Cl.Cl. The number of hydrogen-bond acceptors (Lipinski definition) is 3. The third-order valence-electron chi connectivity index (χ3n) is 4.37. The van der Waals surface area contributed by atoms with Crippen molar-refractivity contribution in [1.82, 2.24) is 15.1 Å². The van der Waals surface area contributed by atoms with E-state index in [1.807, 2.05) is 11.9 Å². The predicted octanol–water partition coefficient (Wildman–Crippen LogP) is 1.24. The molecule has 2 unspecified atom stereocenters. The molecule has 19 heavy (non-hydrogen) atoms. The van der Waals surface area contributed by atoms with Gasteiger partial charge in [-0.2, -0.15) is 0 Å². The van der Waals surface area contributed by atoms with Gasteiger partial charge < -0.3 is 15.1 Å². The molecule has 2 heterocycles. The summed E-state index contributed by atoms with van der Waals surface area (Å²) in [5, 5.41) is 3.17. The molecule has 0 aromatic rings. The van der Waals surface area contributed by atoms with Crippen LogP contribution in [-0.2, 0) is 4.79 Å². The zero-order chi connectivity index (χ0) is 12.4. The van der Waals surface area contributed by atoms with Gasteiger partial charge in [0.1, 0.15) is 0 Å². The zero-order valence-corrected chi connectivity index (χ0v) is 13.7. The Morgan fingerprint density at radius 2 is 2.00 bits per heavy atom. The molecule has 0 aliphatic carbocycles. The van der Waals surface area contributed by atoms with Crippen molar-refractivity contribution in [2.75, 3.05) is 39.8 Å². The summed E-state index contributed by atoms with van der Waals surface area (Å²) in [5.41, 5.74) is 0. The number of halogens is 2. The smallest absolute Gasteiger partial charge is 0.228 e. The molecule has 0 aromatic heterocycles. The summed E-state index contributed by atoms with van der Waals surface area (Å²) in [4.78, 5) is 16.7. The number of nitrogens with zero attached hydrogens (tertiary/aromatic N) is 2. The van der Waals surface area contributed by atoms with E-state index in [1.54, 1.807) is 0 Å². The lowest BCUT2D eigenvalue weighted by molar-refractivity contribution is -0.140. The Morgan fingerprint density at radius 3 is 2.42 bits per heavy atom. The average molecular weight is 312 g/mol. The minimum absolute atomic E-state index is 0. The van der Waals surface area contributed by atoms with E-state index in [9.17, 15) is 4.79 Å². The van der Waals surface area contributed by atoms with E-state index in [2.05, 4.69) is 24.1 Å². The molecule has 2 fully saturated rings. The van der Waals surface area contributed by atoms with Crippen molar-refractivity contribution in [2.45, 2.75) is 26.3 Å². The van der Waals surface area contributed by atoms with E-state index < -0.39 is 0 Å². The third kappa shape index (κ3) is 4.22. The van der Waals surface area contributed by atoms with Gasteiger partial charge in [-0.3, -0.25) is 4.79 Å². The van der Waals surface area contributed by atoms with Gasteiger partial charge in [-0.25, -0.2) is 0 Å². The van der Waals surface area contributed by atoms with Crippen molar-refractivity contribution in [1.29, 1.82) is 0 Å². The van der Waals surface area contributed by atoms with Crippen LogP contribution in [-0.4, -0.2) is 61.5 Å². The van der Waals surface area contributed by atoms with Crippen LogP contribution in [0.5, 0.6) is 0 Å². The Hall–Kier alpha value is -0.0300. The van der Waals surface area contributed by atoms with Crippen LogP contribution >= 0.6 is 24.8 Å². The lowest BCUT2D eigenvalue weighted by atomic mass is 9.91. The van der Waals surface area contributed by atoms with Crippen molar-refractivity contribution in [3.63, 3.8) is 0 Å². The summed E-state index contributed by atoms with van der Waals surface area (Å²) >= 11 is 0. The third-order valence-corrected chi connectivity index (χ3v) is 4.37. The van der Waals surface area contributed by atoms with E-state index in [1.165, 1.54) is 0 Å². The fourth-order valence-electron chi connectivity index (χ4n) is 3.00. The van der Waals surface area contributed by atoms with Gasteiger partial charge in [0, 0.05) is 39.3 Å². The van der Waals surface area contributed by atoms with Gasteiger partial charge in [0.05, 0.1) is 5.92 Å². The second-order valence-electron chi connectivity index (χ2n) is 5.53. The van der Waals surface area contributed by atoms with Crippen LogP contribution in [0.1, 0.15) is 20.3 Å². The summed E-state index contributed by atoms with van der Waals surface area (Å²) in [7, 11) is 1.99. The predicted molar refractivity (Wildman–Crippen MR) is 83.3 cm³/mol. The first-order valence-electron chi connectivity index (χ1n) is 6.83. The maximum Gasteiger partial charge on any atom is 0.228 e. The average Bonchev–Trinajstić information content (AvgIpc) is 2.25. The standard InChI is InChI=1S/C13H25N3O.2ClH/c1-4-16-6-5-12(10(2)9-16)15(3)13(17)11-7-14-8-11;;/h10-12,14H,4-9H2,1-3H3;2*1H. The maximum absolute atomic E-state index is 12.2. The molecule has 2 rings (SSSR count). The quantitative estimate of drug-likeness (QED) is 0.852. The number of piperidine rings is 1. The van der Waals surface area contributed by atoms with Gasteiger partial charge in [0.15, 0.2) is 0 Å². The largest absolute Gasteiger partial charge is 0.342 e. The fourth-order valence-corrected chi connectivity index (χ4v) is 3.00. The maximum atomic E-state index is 12.2. The van der Waals surface area contributed by atoms with Crippen molar-refractivity contribution >= 4 is 30.7 Å². The highest BCUT2D eigenvalue weighted by Gasteiger charge is 2.35. The van der Waals surface area contributed by atoms with Crippen molar-refractivity contribution in [3.05, 3.63) is 0 Å². The number of carbonyl (C=O) groups excluding carboxylic acids is 1. The minimum atomic E-state index is 0. The van der Waals surface area contributed by atoms with E-state index >= 15 is 0 Å². The first-order chi connectivity index (χ1) is 8.13. The zero-order valence-electron chi connectivity index (χ0n) is 12.1. The molecule has 0 aromatic carbocycles. The Morgan fingerprint density at radius 1 is 1.37 bits per heavy atom. The highest BCUT2D eigenvalue weighted by Crippen LogP contribution is 2.23. The second kappa shape index (κ2) is 8.30. The summed E-state index contributed by atoms with van der Waals surface area (Å²) in [6, 6.07) is 0.436. The highest BCUT2D eigenvalue weighted by molar-refractivity contribution is 5.85. The second-order valence-corrected chi connectivity index (χ2v) is 5.53. The van der Waals surface area contributed by atoms with Crippen LogP contribution in [0.15, 0.2) is 0 Å². The van der Waals surface area contributed by atoms with E-state index in [0.29, 0.717) is 17.9 Å². The molecular weight excluding hydrogens is 285 g/mol. The molecule has 2 atom stereocenters. The molecule has 0 radical (unpaired) electrons. The molecule has 0 bridgehead atoms. The molecule has 1 N–H and O–H groups in total. The van der Waals surface area contributed by atoms with E-state index in [4.69, 9.17) is 0 Å². The van der Waals surface area contributed by atoms with Gasteiger partial charge in [-0.15, -0.1) is 24.8 Å². The molecule has 2 saturated heterocycles. The van der Waals surface area contributed by atoms with Crippen molar-refractivity contribution in [2.24, 2.45) is 11.8 Å². The lowest BCUT2D eigenvalue weighted by Gasteiger charge is -2.43. The molecule has 1 amide bonds. The van der Waals surface area contributed by atoms with E-state index in [-0.39, 0.29) is 30.7 Å². The molecule has 4 nitrogen and oxygen atoms in total. The summed E-state index contributed by atoms with van der Waals surface area (Å²) in [6.45, 7) is 9.60. The molecular formula is C13H27Cl2N3O. The number of rotatable bonds is 3. The Balaban J connectivity index is 0.00000162. The van der Waals surface area contributed by atoms with E-state index in [0.717, 1.165) is 39.1 Å². The highest BCUT2D eigenvalue weighted by atomic mass is 35.5. The van der Waals surface area contributed by atoms with Gasteiger partial charge >= 0.3 is 0 Å². The van der Waals surface area contributed by atoms with Gasteiger partial charge in [-0.1, -0.05) is 13.8 Å². The first kappa shape index (κ1) is 19.0.